The van der Waals surface area contributed by atoms with E-state index in [2.05, 4.69) is 10.3 Å². The number of carbonyl (C=O) groups excluding carboxylic acids is 3. The van der Waals surface area contributed by atoms with Gasteiger partial charge < -0.3 is 5.32 Å². The molecule has 2 N–H and O–H groups in total. The molecule has 2 fully saturated rings. The SMILES string of the molecule is CN1CCC(C(=O)Nc2ccncc2F)N1C(=O)C(CC1CCCC1)CN(O)C=O. The minimum absolute atomic E-state index is 0.00180. The van der Waals surface area contributed by atoms with Crippen LogP contribution in [0.15, 0.2) is 18.5 Å². The number of nitrogens with zero attached hydrogens (tertiary/aromatic N) is 4. The summed E-state index contributed by atoms with van der Waals surface area (Å²) in [5.41, 5.74) is 0.00180. The van der Waals surface area contributed by atoms with E-state index in [9.17, 15) is 24.0 Å². The van der Waals surface area contributed by atoms with Crippen molar-refractivity contribution in [3.63, 3.8) is 0 Å². The van der Waals surface area contributed by atoms with Crippen LogP contribution in [0.2, 0.25) is 0 Å². The van der Waals surface area contributed by atoms with Crippen molar-refractivity contribution in [1.29, 1.82) is 0 Å². The van der Waals surface area contributed by atoms with Gasteiger partial charge in [0, 0.05) is 19.8 Å². The molecule has 2 aliphatic rings. The Labute approximate surface area is 174 Å². The molecule has 0 radical (unpaired) electrons. The summed E-state index contributed by atoms with van der Waals surface area (Å²) in [5, 5.41) is 15.8. The average molecular weight is 421 g/mol. The topological polar surface area (TPSA) is 106 Å². The Balaban J connectivity index is 1.75. The highest BCUT2D eigenvalue weighted by Gasteiger charge is 2.41. The zero-order chi connectivity index (χ0) is 21.7. The molecule has 1 aliphatic carbocycles. The number of rotatable bonds is 8. The number of aromatic nitrogens is 1. The van der Waals surface area contributed by atoms with Gasteiger partial charge in [-0.3, -0.25) is 29.6 Å². The maximum atomic E-state index is 13.9. The van der Waals surface area contributed by atoms with Gasteiger partial charge in [0.2, 0.25) is 18.2 Å². The van der Waals surface area contributed by atoms with E-state index < -0.39 is 23.7 Å². The summed E-state index contributed by atoms with van der Waals surface area (Å²) in [6.07, 6.45) is 7.83. The maximum Gasteiger partial charge on any atom is 0.248 e. The Morgan fingerprint density at radius 3 is 2.80 bits per heavy atom. The fourth-order valence-corrected chi connectivity index (χ4v) is 4.39. The number of hydrogen-bond donors (Lipinski definition) is 2. The number of pyridine rings is 1. The van der Waals surface area contributed by atoms with Crippen molar-refractivity contribution in [1.82, 2.24) is 20.1 Å². The van der Waals surface area contributed by atoms with E-state index in [1.165, 1.54) is 17.3 Å². The number of hydroxylamine groups is 2. The summed E-state index contributed by atoms with van der Waals surface area (Å²) in [6, 6.07) is 0.554. The molecule has 164 valence electrons. The van der Waals surface area contributed by atoms with E-state index in [4.69, 9.17) is 0 Å². The molecule has 0 bridgehead atoms. The van der Waals surface area contributed by atoms with E-state index in [-0.39, 0.29) is 24.5 Å². The molecule has 1 saturated carbocycles. The fourth-order valence-electron chi connectivity index (χ4n) is 4.39. The smallest absolute Gasteiger partial charge is 0.248 e. The van der Waals surface area contributed by atoms with Crippen molar-refractivity contribution in [2.75, 3.05) is 25.5 Å². The van der Waals surface area contributed by atoms with E-state index in [0.717, 1.165) is 31.9 Å². The van der Waals surface area contributed by atoms with Gasteiger partial charge in [0.05, 0.1) is 24.3 Å². The Hall–Kier alpha value is -2.59. The maximum absolute atomic E-state index is 13.9. The van der Waals surface area contributed by atoms with E-state index in [1.807, 2.05) is 0 Å². The molecular formula is C20H28FN5O4. The number of anilines is 1. The van der Waals surface area contributed by atoms with Gasteiger partial charge in [0.15, 0.2) is 5.82 Å². The molecule has 2 heterocycles. The van der Waals surface area contributed by atoms with Gasteiger partial charge in [-0.1, -0.05) is 25.7 Å². The van der Waals surface area contributed by atoms with Crippen molar-refractivity contribution in [3.8, 4) is 0 Å². The predicted octanol–water partition coefficient (Wildman–Crippen LogP) is 1.65. The third-order valence-corrected chi connectivity index (χ3v) is 5.92. The third-order valence-electron chi connectivity index (χ3n) is 5.92. The van der Waals surface area contributed by atoms with Crippen molar-refractivity contribution in [2.24, 2.45) is 11.8 Å². The summed E-state index contributed by atoms with van der Waals surface area (Å²) >= 11 is 0. The fraction of sp³-hybridized carbons (Fsp3) is 0.600. The van der Waals surface area contributed by atoms with Gasteiger partial charge in [0.1, 0.15) is 6.04 Å². The predicted molar refractivity (Wildman–Crippen MR) is 105 cm³/mol. The van der Waals surface area contributed by atoms with Crippen molar-refractivity contribution >= 4 is 23.9 Å². The molecule has 9 nitrogen and oxygen atoms in total. The normalized spacial score (nSPS) is 20.9. The average Bonchev–Trinajstić information content (AvgIpc) is 3.38. The van der Waals surface area contributed by atoms with Gasteiger partial charge >= 0.3 is 0 Å². The second kappa shape index (κ2) is 9.94. The molecule has 10 heteroatoms. The summed E-state index contributed by atoms with van der Waals surface area (Å²) < 4.78 is 13.9. The molecule has 1 aromatic heterocycles. The van der Waals surface area contributed by atoms with Crippen LogP contribution in [-0.4, -0.2) is 69.7 Å². The molecule has 0 aromatic carbocycles. The highest BCUT2D eigenvalue weighted by molar-refractivity contribution is 5.97. The Morgan fingerprint density at radius 1 is 1.40 bits per heavy atom. The molecule has 3 rings (SSSR count). The summed E-state index contributed by atoms with van der Waals surface area (Å²) in [4.78, 5) is 40.8. The van der Waals surface area contributed by atoms with Crippen LogP contribution in [-0.2, 0) is 14.4 Å². The van der Waals surface area contributed by atoms with Crippen LogP contribution in [0.25, 0.3) is 0 Å². The molecular weight excluding hydrogens is 393 g/mol. The summed E-state index contributed by atoms with van der Waals surface area (Å²) in [5.74, 6) is -1.75. The molecule has 2 atom stereocenters. The van der Waals surface area contributed by atoms with Crippen LogP contribution in [0.5, 0.6) is 0 Å². The zero-order valence-corrected chi connectivity index (χ0v) is 17.0. The summed E-state index contributed by atoms with van der Waals surface area (Å²) in [6.45, 7) is 0.353. The van der Waals surface area contributed by atoms with Crippen LogP contribution in [0.1, 0.15) is 38.5 Å². The van der Waals surface area contributed by atoms with Crippen molar-refractivity contribution < 1.29 is 24.0 Å². The lowest BCUT2D eigenvalue weighted by atomic mass is 9.92. The number of nitrogens with one attached hydrogen (secondary N) is 1. The van der Waals surface area contributed by atoms with Crippen LogP contribution in [0.4, 0.5) is 10.1 Å². The first kappa shape index (κ1) is 22.1. The minimum Gasteiger partial charge on any atom is -0.322 e. The van der Waals surface area contributed by atoms with Crippen molar-refractivity contribution in [3.05, 3.63) is 24.3 Å². The zero-order valence-electron chi connectivity index (χ0n) is 17.0. The first-order valence-corrected chi connectivity index (χ1v) is 10.3. The Morgan fingerprint density at radius 2 is 2.13 bits per heavy atom. The third kappa shape index (κ3) is 5.11. The Kier molecular flexibility index (Phi) is 7.33. The molecule has 1 saturated heterocycles. The monoisotopic (exact) mass is 421 g/mol. The molecule has 30 heavy (non-hydrogen) atoms. The quantitative estimate of drug-likeness (QED) is 0.376. The second-order valence-corrected chi connectivity index (χ2v) is 8.02. The van der Waals surface area contributed by atoms with Gasteiger partial charge in [-0.2, -0.15) is 0 Å². The number of amides is 3. The molecule has 3 amide bonds. The first-order chi connectivity index (χ1) is 14.4. The van der Waals surface area contributed by atoms with Gasteiger partial charge in [-0.15, -0.1) is 0 Å². The van der Waals surface area contributed by atoms with Crippen LogP contribution < -0.4 is 5.32 Å². The standard InChI is InChI=1S/C20H28FN5O4/c1-24-9-7-18(19(28)23-17-6-8-22-11-16(17)21)26(24)20(29)15(12-25(30)13-27)10-14-4-2-3-5-14/h6,8,11,13-15,18,30H,2-5,7,9-10,12H2,1H3,(H,22,23,28). The van der Waals surface area contributed by atoms with Crippen LogP contribution in [0.3, 0.4) is 0 Å². The van der Waals surface area contributed by atoms with Crippen molar-refractivity contribution in [2.45, 2.75) is 44.6 Å². The van der Waals surface area contributed by atoms with Gasteiger partial charge in [0.25, 0.3) is 0 Å². The van der Waals surface area contributed by atoms with E-state index in [0.29, 0.717) is 30.4 Å². The largest absolute Gasteiger partial charge is 0.322 e. The van der Waals surface area contributed by atoms with Gasteiger partial charge in [-0.25, -0.2) is 14.5 Å². The second-order valence-electron chi connectivity index (χ2n) is 8.02. The lowest BCUT2D eigenvalue weighted by Gasteiger charge is -2.33. The number of carbonyl (C=O) groups is 3. The van der Waals surface area contributed by atoms with E-state index in [1.54, 1.807) is 12.1 Å². The molecule has 1 aliphatic heterocycles. The minimum atomic E-state index is -0.801. The first-order valence-electron chi connectivity index (χ1n) is 10.3. The highest BCUT2D eigenvalue weighted by atomic mass is 19.1. The molecule has 0 spiro atoms. The van der Waals surface area contributed by atoms with Crippen LogP contribution in [0, 0.1) is 17.7 Å². The number of halogens is 1. The number of hydrazine groups is 1. The summed E-state index contributed by atoms with van der Waals surface area (Å²) in [7, 11) is 1.71. The lowest BCUT2D eigenvalue weighted by molar-refractivity contribution is -0.164. The Bertz CT molecular complexity index is 773. The molecule has 2 unspecified atom stereocenters. The van der Waals surface area contributed by atoms with E-state index >= 15 is 0 Å². The van der Waals surface area contributed by atoms with Gasteiger partial charge in [-0.05, 0) is 24.8 Å². The number of hydrogen-bond acceptors (Lipinski definition) is 6. The lowest BCUT2D eigenvalue weighted by Crippen LogP contribution is -2.52. The highest BCUT2D eigenvalue weighted by Crippen LogP contribution is 2.32. The molecule has 1 aromatic rings. The van der Waals surface area contributed by atoms with Crippen LogP contribution >= 0.6 is 0 Å².